The Balaban J connectivity index is 1.99. The summed E-state index contributed by atoms with van der Waals surface area (Å²) in [6.45, 7) is 6.35. The van der Waals surface area contributed by atoms with Crippen LogP contribution in [0.4, 0.5) is 0 Å². The molecule has 0 aromatic rings. The van der Waals surface area contributed by atoms with Crippen molar-refractivity contribution in [2.24, 2.45) is 5.92 Å². The summed E-state index contributed by atoms with van der Waals surface area (Å²) in [5, 5.41) is 3.34. The number of rotatable bonds is 4. The third-order valence-electron chi connectivity index (χ3n) is 3.97. The summed E-state index contributed by atoms with van der Waals surface area (Å²) in [4.78, 5) is 14.7. The van der Waals surface area contributed by atoms with Gasteiger partial charge in [0.25, 0.3) is 0 Å². The second-order valence-electron chi connectivity index (χ2n) is 5.97. The first-order valence-corrected chi connectivity index (χ1v) is 7.22. The third-order valence-corrected chi connectivity index (χ3v) is 3.97. The van der Waals surface area contributed by atoms with Crippen molar-refractivity contribution in [1.82, 2.24) is 10.2 Å². The minimum atomic E-state index is 0.106. The highest BCUT2D eigenvalue weighted by molar-refractivity contribution is 5.82. The topological polar surface area (TPSA) is 32.3 Å². The zero-order valence-corrected chi connectivity index (χ0v) is 11.2. The first-order valence-electron chi connectivity index (χ1n) is 7.22. The lowest BCUT2D eigenvalue weighted by Gasteiger charge is -2.32. The Kier molecular flexibility index (Phi) is 4.43. The summed E-state index contributed by atoms with van der Waals surface area (Å²) in [5.74, 6) is 0.934. The Labute approximate surface area is 105 Å². The van der Waals surface area contributed by atoms with E-state index in [0.29, 0.717) is 17.9 Å². The van der Waals surface area contributed by atoms with E-state index in [9.17, 15) is 4.79 Å². The number of amides is 1. The molecule has 1 N–H and O–H groups in total. The van der Waals surface area contributed by atoms with Crippen LogP contribution in [0.25, 0.3) is 0 Å². The second kappa shape index (κ2) is 5.85. The Morgan fingerprint density at radius 2 is 1.94 bits per heavy atom. The van der Waals surface area contributed by atoms with Crippen LogP contribution in [0.3, 0.4) is 0 Å². The van der Waals surface area contributed by atoms with Crippen LogP contribution in [0.1, 0.15) is 52.4 Å². The summed E-state index contributed by atoms with van der Waals surface area (Å²) in [6.07, 6.45) is 7.20. The van der Waals surface area contributed by atoms with Gasteiger partial charge in [-0.2, -0.15) is 0 Å². The van der Waals surface area contributed by atoms with Crippen LogP contribution < -0.4 is 5.32 Å². The molecule has 1 amide bonds. The molecule has 1 saturated heterocycles. The van der Waals surface area contributed by atoms with E-state index in [1.54, 1.807) is 0 Å². The fourth-order valence-electron chi connectivity index (χ4n) is 3.12. The van der Waals surface area contributed by atoms with E-state index in [2.05, 4.69) is 24.1 Å². The average molecular weight is 238 g/mol. The van der Waals surface area contributed by atoms with E-state index in [1.165, 1.54) is 25.7 Å². The van der Waals surface area contributed by atoms with Crippen molar-refractivity contribution < 1.29 is 4.79 Å². The summed E-state index contributed by atoms with van der Waals surface area (Å²) in [5.41, 5.74) is 0. The van der Waals surface area contributed by atoms with Crippen LogP contribution in [-0.2, 0) is 4.79 Å². The van der Waals surface area contributed by atoms with Gasteiger partial charge in [0, 0.05) is 12.6 Å². The number of hydrogen-bond donors (Lipinski definition) is 1. The molecule has 0 aromatic heterocycles. The van der Waals surface area contributed by atoms with Crippen molar-refractivity contribution in [3.8, 4) is 0 Å². The molecule has 2 fully saturated rings. The maximum Gasteiger partial charge on any atom is 0.239 e. The van der Waals surface area contributed by atoms with Gasteiger partial charge in [0.05, 0.1) is 6.04 Å². The van der Waals surface area contributed by atoms with Crippen LogP contribution in [0.15, 0.2) is 0 Å². The predicted octanol–water partition coefficient (Wildman–Crippen LogP) is 2.17. The molecular weight excluding hydrogens is 212 g/mol. The average Bonchev–Trinajstić information content (AvgIpc) is 2.96. The van der Waals surface area contributed by atoms with Crippen molar-refractivity contribution in [2.45, 2.75) is 64.5 Å². The van der Waals surface area contributed by atoms with Crippen molar-refractivity contribution in [3.63, 3.8) is 0 Å². The molecule has 0 spiro atoms. The van der Waals surface area contributed by atoms with E-state index < -0.39 is 0 Å². The highest BCUT2D eigenvalue weighted by Crippen LogP contribution is 2.25. The normalized spacial score (nSPS) is 25.7. The van der Waals surface area contributed by atoms with Gasteiger partial charge in [-0.3, -0.25) is 4.79 Å². The third kappa shape index (κ3) is 3.21. The molecule has 1 atom stereocenters. The van der Waals surface area contributed by atoms with Crippen molar-refractivity contribution in [1.29, 1.82) is 0 Å². The molecule has 3 heteroatoms. The summed E-state index contributed by atoms with van der Waals surface area (Å²) < 4.78 is 0. The van der Waals surface area contributed by atoms with Crippen LogP contribution in [-0.4, -0.2) is 36.0 Å². The van der Waals surface area contributed by atoms with Crippen LogP contribution in [0.5, 0.6) is 0 Å². The number of nitrogens with one attached hydrogen (secondary N) is 1. The molecule has 0 bridgehead atoms. The van der Waals surface area contributed by atoms with E-state index in [1.807, 2.05) is 0 Å². The highest BCUT2D eigenvalue weighted by atomic mass is 16.2. The SMILES string of the molecule is CC(C)CN(C(=O)C1CCCN1)C1CCCC1. The summed E-state index contributed by atoms with van der Waals surface area (Å²) >= 11 is 0. The molecule has 0 radical (unpaired) electrons. The van der Waals surface area contributed by atoms with Gasteiger partial charge < -0.3 is 10.2 Å². The quantitative estimate of drug-likeness (QED) is 0.814. The first-order chi connectivity index (χ1) is 8.18. The van der Waals surface area contributed by atoms with Crippen LogP contribution in [0.2, 0.25) is 0 Å². The van der Waals surface area contributed by atoms with Crippen LogP contribution in [0, 0.1) is 5.92 Å². The molecule has 1 aliphatic heterocycles. The second-order valence-corrected chi connectivity index (χ2v) is 5.97. The Hall–Kier alpha value is -0.570. The molecule has 0 aromatic carbocycles. The van der Waals surface area contributed by atoms with Gasteiger partial charge in [0.2, 0.25) is 5.91 Å². The number of hydrogen-bond acceptors (Lipinski definition) is 2. The minimum absolute atomic E-state index is 0.106. The number of carbonyl (C=O) groups excluding carboxylic acids is 1. The Morgan fingerprint density at radius 3 is 2.47 bits per heavy atom. The monoisotopic (exact) mass is 238 g/mol. The van der Waals surface area contributed by atoms with Gasteiger partial charge >= 0.3 is 0 Å². The van der Waals surface area contributed by atoms with Crippen molar-refractivity contribution in [2.75, 3.05) is 13.1 Å². The van der Waals surface area contributed by atoms with Gasteiger partial charge in [-0.15, -0.1) is 0 Å². The van der Waals surface area contributed by atoms with Gasteiger partial charge in [-0.05, 0) is 38.1 Å². The lowest BCUT2D eigenvalue weighted by Crippen LogP contribution is -2.49. The molecule has 98 valence electrons. The minimum Gasteiger partial charge on any atom is -0.338 e. The van der Waals surface area contributed by atoms with Gasteiger partial charge in [0.1, 0.15) is 0 Å². The van der Waals surface area contributed by atoms with E-state index >= 15 is 0 Å². The first kappa shape index (κ1) is 12.9. The molecule has 2 rings (SSSR count). The predicted molar refractivity (Wildman–Crippen MR) is 69.8 cm³/mol. The number of nitrogens with zero attached hydrogens (tertiary/aromatic N) is 1. The number of carbonyl (C=O) groups is 1. The van der Waals surface area contributed by atoms with E-state index in [4.69, 9.17) is 0 Å². The largest absolute Gasteiger partial charge is 0.338 e. The van der Waals surface area contributed by atoms with Gasteiger partial charge in [0.15, 0.2) is 0 Å². The van der Waals surface area contributed by atoms with Crippen molar-refractivity contribution >= 4 is 5.91 Å². The van der Waals surface area contributed by atoms with Gasteiger partial charge in [-0.1, -0.05) is 26.7 Å². The lowest BCUT2D eigenvalue weighted by atomic mass is 10.1. The smallest absolute Gasteiger partial charge is 0.239 e. The zero-order valence-electron chi connectivity index (χ0n) is 11.2. The van der Waals surface area contributed by atoms with Crippen LogP contribution >= 0.6 is 0 Å². The Morgan fingerprint density at radius 1 is 1.24 bits per heavy atom. The molecule has 1 aliphatic carbocycles. The maximum atomic E-state index is 12.5. The molecular formula is C14H26N2O. The molecule has 17 heavy (non-hydrogen) atoms. The Bertz CT molecular complexity index is 253. The zero-order chi connectivity index (χ0) is 12.3. The molecule has 3 nitrogen and oxygen atoms in total. The van der Waals surface area contributed by atoms with E-state index in [-0.39, 0.29) is 6.04 Å². The lowest BCUT2D eigenvalue weighted by molar-refractivity contribution is -0.136. The molecule has 1 unspecified atom stereocenters. The van der Waals surface area contributed by atoms with Gasteiger partial charge in [-0.25, -0.2) is 0 Å². The fourth-order valence-corrected chi connectivity index (χ4v) is 3.12. The molecule has 1 heterocycles. The maximum absolute atomic E-state index is 12.5. The van der Waals surface area contributed by atoms with Crippen molar-refractivity contribution in [3.05, 3.63) is 0 Å². The highest BCUT2D eigenvalue weighted by Gasteiger charge is 2.32. The summed E-state index contributed by atoms with van der Waals surface area (Å²) in [7, 11) is 0. The fraction of sp³-hybridized carbons (Fsp3) is 0.929. The standard InChI is InChI=1S/C14H26N2O/c1-11(2)10-16(12-6-3-4-7-12)14(17)13-8-5-9-15-13/h11-13,15H,3-10H2,1-2H3. The summed E-state index contributed by atoms with van der Waals surface area (Å²) in [6, 6.07) is 0.627. The van der Waals surface area contributed by atoms with E-state index in [0.717, 1.165) is 25.9 Å². The molecule has 1 saturated carbocycles. The molecule has 2 aliphatic rings.